The zero-order valence-electron chi connectivity index (χ0n) is 36.2. The number of hydrogen-bond acceptors (Lipinski definition) is 1. The van der Waals surface area contributed by atoms with Crippen LogP contribution in [0.1, 0.15) is 93.7 Å². The van der Waals surface area contributed by atoms with Gasteiger partial charge in [0.25, 0.3) is 0 Å². The van der Waals surface area contributed by atoms with Crippen LogP contribution in [0.25, 0.3) is 39.0 Å². The highest BCUT2D eigenvalue weighted by molar-refractivity contribution is 5.80. The number of aryl methyl sites for hydroxylation is 5. The first-order valence-corrected chi connectivity index (χ1v) is 20.4. The molecule has 0 atom stereocenters. The smallest absolute Gasteiger partial charge is 0.119 e. The molecule has 6 aromatic carbocycles. The summed E-state index contributed by atoms with van der Waals surface area (Å²) >= 11 is 0. The van der Waals surface area contributed by atoms with Gasteiger partial charge in [-0.25, -0.2) is 0 Å². The molecule has 1 nitrogen and oxygen atoms in total. The van der Waals surface area contributed by atoms with Gasteiger partial charge in [-0.05, 0) is 157 Å². The van der Waals surface area contributed by atoms with Crippen LogP contribution in [0.15, 0.2) is 157 Å². The molecule has 0 saturated heterocycles. The summed E-state index contributed by atoms with van der Waals surface area (Å²) in [5.74, 6) is 0.942. The minimum Gasteiger partial charge on any atom is -0.497 e. The number of rotatable bonds is 5. The Labute approximate surface area is 340 Å². The van der Waals surface area contributed by atoms with Gasteiger partial charge in [0.2, 0.25) is 0 Å². The van der Waals surface area contributed by atoms with Crippen LogP contribution < -0.4 is 4.74 Å². The minimum absolute atomic E-state index is 0.942. The predicted octanol–water partition coefficient (Wildman–Crippen LogP) is 16.6. The maximum absolute atomic E-state index is 5.08. The van der Waals surface area contributed by atoms with E-state index < -0.39 is 0 Å². The third-order valence-corrected chi connectivity index (χ3v) is 9.29. The second kappa shape index (κ2) is 24.2. The summed E-state index contributed by atoms with van der Waals surface area (Å²) in [7, 11) is 1.69. The van der Waals surface area contributed by atoms with E-state index in [2.05, 4.69) is 209 Å². The summed E-state index contributed by atoms with van der Waals surface area (Å²) in [5.41, 5.74) is 18.5. The third kappa shape index (κ3) is 14.0. The lowest BCUT2D eigenvalue weighted by atomic mass is 9.90. The van der Waals surface area contributed by atoms with E-state index >= 15 is 0 Å². The molecular formula is C55H66O. The monoisotopic (exact) mass is 743 g/mol. The molecule has 0 fully saturated rings. The molecule has 0 bridgehead atoms. The standard InChI is InChI=1S/C26H22.C14H16.C9H12O.2C3H8/c1-19-13-15-23(21-9-5-3-6-10-21)17-25(19)26-18-24(16-14-20(26)2)22-11-7-4-8-12-22;1-11-7-3-5-9-13(11)14-10-6-4-8-12(14)2;1-7-4-8(2)6-9(5-7)10-3;2*1-3-2/h3-18H,1-2H3;3-5,7-9H,6,10H2,1-2H3;4-6H,1-3H3;2*3H2,1-2H3. The van der Waals surface area contributed by atoms with E-state index in [0.29, 0.717) is 0 Å². The van der Waals surface area contributed by atoms with E-state index in [9.17, 15) is 0 Å². The van der Waals surface area contributed by atoms with Crippen LogP contribution in [0.3, 0.4) is 0 Å². The Balaban J connectivity index is 0.000000234. The van der Waals surface area contributed by atoms with Gasteiger partial charge in [-0.15, -0.1) is 0 Å². The summed E-state index contributed by atoms with van der Waals surface area (Å²) in [6.07, 6.45) is 9.37. The van der Waals surface area contributed by atoms with Crippen molar-refractivity contribution in [2.75, 3.05) is 7.11 Å². The van der Waals surface area contributed by atoms with Crippen molar-refractivity contribution in [3.63, 3.8) is 0 Å². The minimum atomic E-state index is 0.942. The molecule has 1 aliphatic carbocycles. The van der Waals surface area contributed by atoms with Crippen molar-refractivity contribution in [1.82, 2.24) is 0 Å². The Morgan fingerprint density at radius 2 is 0.875 bits per heavy atom. The van der Waals surface area contributed by atoms with Crippen molar-refractivity contribution in [1.29, 1.82) is 0 Å². The van der Waals surface area contributed by atoms with Gasteiger partial charge in [0, 0.05) is 0 Å². The largest absolute Gasteiger partial charge is 0.497 e. The van der Waals surface area contributed by atoms with Crippen LogP contribution in [0.5, 0.6) is 5.75 Å². The zero-order valence-corrected chi connectivity index (χ0v) is 36.2. The van der Waals surface area contributed by atoms with Crippen LogP contribution in [-0.4, -0.2) is 7.11 Å². The predicted molar refractivity (Wildman–Crippen MR) is 249 cm³/mol. The Kier molecular flexibility index (Phi) is 19.4. The number of ether oxygens (including phenoxy) is 1. The molecule has 0 aliphatic heterocycles. The van der Waals surface area contributed by atoms with Crippen molar-refractivity contribution in [2.45, 2.75) is 94.9 Å². The van der Waals surface area contributed by atoms with Crippen LogP contribution in [0.2, 0.25) is 0 Å². The van der Waals surface area contributed by atoms with E-state index in [1.165, 1.54) is 104 Å². The average Bonchev–Trinajstić information content (AvgIpc) is 3.20. The molecule has 6 aromatic rings. The molecule has 0 N–H and O–H groups in total. The van der Waals surface area contributed by atoms with Crippen LogP contribution in [0, 0.1) is 34.6 Å². The fraction of sp³-hybridized carbons (Fsp3) is 0.273. The van der Waals surface area contributed by atoms with Crippen LogP contribution >= 0.6 is 0 Å². The normalized spacial score (nSPS) is 11.3. The van der Waals surface area contributed by atoms with E-state index in [1.54, 1.807) is 7.11 Å². The molecule has 1 aliphatic rings. The number of methoxy groups -OCH3 is 1. The first kappa shape index (κ1) is 45.0. The molecular weight excluding hydrogens is 677 g/mol. The number of benzene rings is 6. The molecule has 292 valence electrons. The SMILES string of the molecule is CC1=C(c2ccccc2C)CCC=C1.CCC.CCC.COc1cc(C)cc(C)c1.Cc1ccc(-c2ccccc2)cc1-c1cc(-c2ccccc2)ccc1C. The molecule has 56 heavy (non-hydrogen) atoms. The van der Waals surface area contributed by atoms with Gasteiger partial charge < -0.3 is 4.74 Å². The second-order valence-electron chi connectivity index (χ2n) is 14.7. The lowest BCUT2D eigenvalue weighted by molar-refractivity contribution is 0.414. The maximum atomic E-state index is 5.08. The highest BCUT2D eigenvalue weighted by Crippen LogP contribution is 2.34. The van der Waals surface area contributed by atoms with Crippen molar-refractivity contribution < 1.29 is 4.74 Å². The molecule has 0 spiro atoms. The Bertz CT molecular complexity index is 2010. The lowest BCUT2D eigenvalue weighted by Crippen LogP contribution is -1.94. The summed E-state index contributed by atoms with van der Waals surface area (Å²) in [6, 6.07) is 49.5. The zero-order chi connectivity index (χ0) is 40.9. The van der Waals surface area contributed by atoms with Gasteiger partial charge in [0.1, 0.15) is 5.75 Å². The fourth-order valence-electron chi connectivity index (χ4n) is 6.54. The molecule has 0 unspecified atom stereocenters. The van der Waals surface area contributed by atoms with Gasteiger partial charge in [-0.1, -0.05) is 168 Å². The molecule has 0 aromatic heterocycles. The van der Waals surface area contributed by atoms with Gasteiger partial charge in [-0.3, -0.25) is 0 Å². The lowest BCUT2D eigenvalue weighted by Gasteiger charge is -2.15. The van der Waals surface area contributed by atoms with Gasteiger partial charge in [-0.2, -0.15) is 0 Å². The van der Waals surface area contributed by atoms with Gasteiger partial charge in [0.05, 0.1) is 7.11 Å². The quantitative estimate of drug-likeness (QED) is 0.171. The molecule has 0 saturated carbocycles. The maximum Gasteiger partial charge on any atom is 0.119 e. The van der Waals surface area contributed by atoms with Gasteiger partial charge in [0.15, 0.2) is 0 Å². The van der Waals surface area contributed by atoms with E-state index in [0.717, 1.165) is 5.75 Å². The van der Waals surface area contributed by atoms with Crippen molar-refractivity contribution >= 4 is 5.57 Å². The first-order chi connectivity index (χ1) is 27.1. The fourth-order valence-corrected chi connectivity index (χ4v) is 6.54. The summed E-state index contributed by atoms with van der Waals surface area (Å²) in [5, 5.41) is 0. The Hall–Kier alpha value is -5.40. The van der Waals surface area contributed by atoms with Crippen molar-refractivity contribution in [3.05, 3.63) is 191 Å². The van der Waals surface area contributed by atoms with Crippen molar-refractivity contribution in [2.24, 2.45) is 0 Å². The second-order valence-corrected chi connectivity index (χ2v) is 14.7. The molecule has 7 rings (SSSR count). The molecule has 0 radical (unpaired) electrons. The molecule has 0 amide bonds. The Morgan fingerprint density at radius 3 is 1.30 bits per heavy atom. The van der Waals surface area contributed by atoms with Crippen molar-refractivity contribution in [3.8, 4) is 39.1 Å². The number of allylic oxidation sites excluding steroid dienone is 4. The Morgan fingerprint density at radius 1 is 0.446 bits per heavy atom. The van der Waals surface area contributed by atoms with E-state index in [4.69, 9.17) is 4.74 Å². The van der Waals surface area contributed by atoms with E-state index in [1.807, 2.05) is 12.1 Å². The highest BCUT2D eigenvalue weighted by Gasteiger charge is 2.10. The molecule has 1 heteroatoms. The third-order valence-electron chi connectivity index (χ3n) is 9.29. The molecule has 0 heterocycles. The highest BCUT2D eigenvalue weighted by atomic mass is 16.5. The van der Waals surface area contributed by atoms with Crippen LogP contribution in [-0.2, 0) is 0 Å². The topological polar surface area (TPSA) is 9.23 Å². The van der Waals surface area contributed by atoms with Gasteiger partial charge >= 0.3 is 0 Å². The number of hydrogen-bond donors (Lipinski definition) is 0. The first-order valence-electron chi connectivity index (χ1n) is 20.4. The summed E-state index contributed by atoms with van der Waals surface area (Å²) in [4.78, 5) is 0. The average molecular weight is 743 g/mol. The summed E-state index contributed by atoms with van der Waals surface area (Å²) in [6.45, 7) is 21.4. The summed E-state index contributed by atoms with van der Waals surface area (Å²) < 4.78 is 5.08. The van der Waals surface area contributed by atoms with Crippen LogP contribution in [0.4, 0.5) is 0 Å². The van der Waals surface area contributed by atoms with E-state index in [-0.39, 0.29) is 0 Å².